The highest BCUT2D eigenvalue weighted by Crippen LogP contribution is 2.25. The van der Waals surface area contributed by atoms with E-state index in [9.17, 15) is 5.11 Å². The van der Waals surface area contributed by atoms with Gasteiger partial charge in [0, 0.05) is 10.8 Å². The van der Waals surface area contributed by atoms with Crippen LogP contribution in [0.5, 0.6) is 0 Å². The van der Waals surface area contributed by atoms with E-state index < -0.39 is 0 Å². The molecule has 0 radical (unpaired) electrons. The third-order valence-corrected chi connectivity index (χ3v) is 4.17. The van der Waals surface area contributed by atoms with E-state index in [4.69, 9.17) is 4.42 Å². The van der Waals surface area contributed by atoms with Gasteiger partial charge in [0.15, 0.2) is 0 Å². The molecule has 0 spiro atoms. The van der Waals surface area contributed by atoms with E-state index >= 15 is 0 Å². The van der Waals surface area contributed by atoms with E-state index in [1.165, 1.54) is 0 Å². The summed E-state index contributed by atoms with van der Waals surface area (Å²) < 4.78 is 5.32. The lowest BCUT2D eigenvalue weighted by atomic mass is 9.97. The summed E-state index contributed by atoms with van der Waals surface area (Å²) in [6.07, 6.45) is 3.75. The van der Waals surface area contributed by atoms with Crippen molar-refractivity contribution in [3.05, 3.63) is 24.2 Å². The van der Waals surface area contributed by atoms with E-state index in [2.05, 4.69) is 26.1 Å². The fourth-order valence-corrected chi connectivity index (χ4v) is 3.03. The Morgan fingerprint density at radius 3 is 2.89 bits per heavy atom. The van der Waals surface area contributed by atoms with Crippen LogP contribution in [0.4, 0.5) is 0 Å². The van der Waals surface area contributed by atoms with Gasteiger partial charge in [-0.1, -0.05) is 13.8 Å². The minimum absolute atomic E-state index is 0.175. The molecule has 104 valence electrons. The second-order valence-corrected chi connectivity index (χ2v) is 6.48. The van der Waals surface area contributed by atoms with E-state index in [-0.39, 0.29) is 12.1 Å². The number of furan rings is 1. The van der Waals surface area contributed by atoms with Crippen molar-refractivity contribution in [1.82, 2.24) is 5.32 Å². The van der Waals surface area contributed by atoms with E-state index in [1.807, 2.05) is 23.9 Å². The first-order chi connectivity index (χ1) is 8.59. The molecular formula is C14H25NO2S. The van der Waals surface area contributed by atoms with Crippen molar-refractivity contribution in [1.29, 1.82) is 0 Å². The molecule has 3 nitrogen and oxygen atoms in total. The molecular weight excluding hydrogens is 246 g/mol. The van der Waals surface area contributed by atoms with Crippen LogP contribution in [-0.4, -0.2) is 29.0 Å². The lowest BCUT2D eigenvalue weighted by Gasteiger charge is -2.31. The highest BCUT2D eigenvalue weighted by molar-refractivity contribution is 7.99. The normalized spacial score (nSPS) is 16.4. The van der Waals surface area contributed by atoms with Crippen LogP contribution in [0.3, 0.4) is 0 Å². The molecule has 2 atom stereocenters. The SMILES string of the molecule is CCCNC(C)(CO)CC(C)SCc1ccco1. The summed E-state index contributed by atoms with van der Waals surface area (Å²) in [5, 5.41) is 13.4. The van der Waals surface area contributed by atoms with Crippen LogP contribution in [-0.2, 0) is 5.75 Å². The van der Waals surface area contributed by atoms with Crippen LogP contribution >= 0.6 is 11.8 Å². The summed E-state index contributed by atoms with van der Waals surface area (Å²) in [4.78, 5) is 0. The first-order valence-corrected chi connectivity index (χ1v) is 7.64. The van der Waals surface area contributed by atoms with Gasteiger partial charge >= 0.3 is 0 Å². The first-order valence-electron chi connectivity index (χ1n) is 6.59. The zero-order chi connectivity index (χ0) is 13.4. The fraction of sp³-hybridized carbons (Fsp3) is 0.714. The van der Waals surface area contributed by atoms with Gasteiger partial charge in [-0.15, -0.1) is 0 Å². The first kappa shape index (κ1) is 15.6. The molecule has 4 heteroatoms. The van der Waals surface area contributed by atoms with Crippen molar-refractivity contribution in [2.75, 3.05) is 13.2 Å². The molecule has 2 unspecified atom stereocenters. The minimum atomic E-state index is -0.175. The van der Waals surface area contributed by atoms with Gasteiger partial charge in [0.05, 0.1) is 18.6 Å². The zero-order valence-electron chi connectivity index (χ0n) is 11.6. The standard InChI is InChI=1S/C14H25NO2S/c1-4-7-15-14(3,11-16)9-12(2)18-10-13-6-5-8-17-13/h5-6,8,12,15-16H,4,7,9-11H2,1-3H3. The highest BCUT2D eigenvalue weighted by Gasteiger charge is 2.25. The van der Waals surface area contributed by atoms with Crippen LogP contribution in [0.2, 0.25) is 0 Å². The monoisotopic (exact) mass is 271 g/mol. The second kappa shape index (κ2) is 7.87. The molecule has 0 aliphatic rings. The number of aliphatic hydroxyl groups excluding tert-OH is 1. The van der Waals surface area contributed by atoms with E-state index in [1.54, 1.807) is 6.26 Å². The summed E-state index contributed by atoms with van der Waals surface area (Å²) in [7, 11) is 0. The van der Waals surface area contributed by atoms with E-state index in [0.717, 1.165) is 30.9 Å². The van der Waals surface area contributed by atoms with Gasteiger partial charge in [0.1, 0.15) is 5.76 Å². The Kier molecular flexibility index (Phi) is 6.82. The number of thioether (sulfide) groups is 1. The van der Waals surface area contributed by atoms with Crippen LogP contribution in [0.15, 0.2) is 22.8 Å². The zero-order valence-corrected chi connectivity index (χ0v) is 12.4. The Morgan fingerprint density at radius 2 is 2.33 bits per heavy atom. The Labute approximate surface area is 114 Å². The highest BCUT2D eigenvalue weighted by atomic mass is 32.2. The number of hydrogen-bond acceptors (Lipinski definition) is 4. The second-order valence-electron chi connectivity index (χ2n) is 5.05. The molecule has 0 aliphatic carbocycles. The summed E-state index contributed by atoms with van der Waals surface area (Å²) in [6.45, 7) is 7.56. The maximum Gasteiger partial charge on any atom is 0.113 e. The van der Waals surface area contributed by atoms with Crippen molar-refractivity contribution in [3.8, 4) is 0 Å². The molecule has 18 heavy (non-hydrogen) atoms. The van der Waals surface area contributed by atoms with E-state index in [0.29, 0.717) is 5.25 Å². The van der Waals surface area contributed by atoms with Crippen molar-refractivity contribution in [2.24, 2.45) is 0 Å². The smallest absolute Gasteiger partial charge is 0.113 e. The topological polar surface area (TPSA) is 45.4 Å². The average molecular weight is 271 g/mol. The predicted molar refractivity (Wildman–Crippen MR) is 77.9 cm³/mol. The Balaban J connectivity index is 2.34. The molecule has 0 amide bonds. The Morgan fingerprint density at radius 1 is 1.56 bits per heavy atom. The molecule has 2 N–H and O–H groups in total. The third-order valence-electron chi connectivity index (χ3n) is 2.98. The quantitative estimate of drug-likeness (QED) is 0.724. The van der Waals surface area contributed by atoms with Gasteiger partial charge in [-0.3, -0.25) is 0 Å². The summed E-state index contributed by atoms with van der Waals surface area (Å²) in [5.74, 6) is 1.91. The molecule has 0 saturated heterocycles. The summed E-state index contributed by atoms with van der Waals surface area (Å²) in [5.41, 5.74) is -0.175. The molecule has 0 fully saturated rings. The van der Waals surface area contributed by atoms with Crippen molar-refractivity contribution in [2.45, 2.75) is 50.2 Å². The molecule has 1 heterocycles. The molecule has 0 aliphatic heterocycles. The van der Waals surface area contributed by atoms with Crippen LogP contribution < -0.4 is 5.32 Å². The third kappa shape index (κ3) is 5.46. The minimum Gasteiger partial charge on any atom is -0.468 e. The number of hydrogen-bond donors (Lipinski definition) is 2. The summed E-state index contributed by atoms with van der Waals surface area (Å²) >= 11 is 1.86. The number of nitrogens with one attached hydrogen (secondary N) is 1. The Bertz CT molecular complexity index is 316. The van der Waals surface area contributed by atoms with Gasteiger partial charge in [-0.25, -0.2) is 0 Å². The van der Waals surface area contributed by atoms with Gasteiger partial charge < -0.3 is 14.8 Å². The maximum atomic E-state index is 9.52. The predicted octanol–water partition coefficient (Wildman–Crippen LogP) is 3.04. The van der Waals surface area contributed by atoms with Gasteiger partial charge in [0.25, 0.3) is 0 Å². The van der Waals surface area contributed by atoms with Gasteiger partial charge in [-0.2, -0.15) is 11.8 Å². The lowest BCUT2D eigenvalue weighted by Crippen LogP contribution is -2.47. The van der Waals surface area contributed by atoms with Gasteiger partial charge in [0.2, 0.25) is 0 Å². The van der Waals surface area contributed by atoms with Gasteiger partial charge in [-0.05, 0) is 38.4 Å². The van der Waals surface area contributed by atoms with Crippen molar-refractivity contribution < 1.29 is 9.52 Å². The van der Waals surface area contributed by atoms with Crippen LogP contribution in [0.25, 0.3) is 0 Å². The molecule has 1 aromatic rings. The maximum absolute atomic E-state index is 9.52. The largest absolute Gasteiger partial charge is 0.468 e. The Hall–Kier alpha value is -0.450. The molecule has 1 aromatic heterocycles. The molecule has 0 bridgehead atoms. The van der Waals surface area contributed by atoms with Crippen LogP contribution in [0.1, 0.15) is 39.4 Å². The van der Waals surface area contributed by atoms with Crippen LogP contribution in [0, 0.1) is 0 Å². The van der Waals surface area contributed by atoms with Crippen molar-refractivity contribution >= 4 is 11.8 Å². The number of aliphatic hydroxyl groups is 1. The molecule has 0 saturated carbocycles. The molecule has 1 rings (SSSR count). The number of rotatable bonds is 9. The lowest BCUT2D eigenvalue weighted by molar-refractivity contribution is 0.166. The fourth-order valence-electron chi connectivity index (χ4n) is 1.93. The van der Waals surface area contributed by atoms with Crippen molar-refractivity contribution in [3.63, 3.8) is 0 Å². The summed E-state index contributed by atoms with van der Waals surface area (Å²) in [6, 6.07) is 3.92. The average Bonchev–Trinajstić information content (AvgIpc) is 2.87. The molecule has 0 aromatic carbocycles.